The van der Waals surface area contributed by atoms with Crippen LogP contribution in [0, 0.1) is 0 Å². The minimum Gasteiger partial charge on any atom is -0.324 e. The third-order valence-electron chi connectivity index (χ3n) is 3.86. The van der Waals surface area contributed by atoms with E-state index in [2.05, 4.69) is 18.2 Å². The van der Waals surface area contributed by atoms with Crippen LogP contribution in [-0.2, 0) is 6.42 Å². The quantitative estimate of drug-likeness (QED) is 0.664. The van der Waals surface area contributed by atoms with E-state index >= 15 is 0 Å². The molecule has 0 bridgehead atoms. The Kier molecular flexibility index (Phi) is 1.88. The van der Waals surface area contributed by atoms with Gasteiger partial charge in [-0.1, -0.05) is 18.2 Å². The Balaban J connectivity index is 2.19. The molecule has 2 atom stereocenters. The molecule has 2 unspecified atom stereocenters. The lowest BCUT2D eigenvalue weighted by atomic mass is 9.72. The van der Waals surface area contributed by atoms with E-state index in [1.54, 1.807) is 11.1 Å². The lowest BCUT2D eigenvalue weighted by Gasteiger charge is -2.34. The van der Waals surface area contributed by atoms with Crippen LogP contribution in [0.3, 0.4) is 0 Å². The molecule has 0 amide bonds. The molecular formula is C13H17N. The molecule has 0 fully saturated rings. The van der Waals surface area contributed by atoms with Crippen LogP contribution in [-0.4, -0.2) is 0 Å². The fraction of sp³-hybridized carbons (Fsp3) is 0.538. The monoisotopic (exact) mass is 187 g/mol. The van der Waals surface area contributed by atoms with E-state index in [1.807, 2.05) is 0 Å². The van der Waals surface area contributed by atoms with Crippen molar-refractivity contribution in [1.82, 2.24) is 0 Å². The standard InChI is InChI=1S/C13H17N/c14-12-8-7-10-4-1-3-9-5-2-6-11(12)13(9)10/h2,5-6,10,12H,1,3-4,7-8,14H2. The van der Waals surface area contributed by atoms with E-state index in [4.69, 9.17) is 5.73 Å². The number of nitrogens with two attached hydrogens (primary N) is 1. The molecule has 1 nitrogen and oxygen atoms in total. The van der Waals surface area contributed by atoms with Gasteiger partial charge in [0.2, 0.25) is 0 Å². The summed E-state index contributed by atoms with van der Waals surface area (Å²) < 4.78 is 0. The molecule has 2 N–H and O–H groups in total. The first-order valence-corrected chi connectivity index (χ1v) is 5.73. The van der Waals surface area contributed by atoms with Gasteiger partial charge in [0, 0.05) is 6.04 Å². The summed E-state index contributed by atoms with van der Waals surface area (Å²) in [5.41, 5.74) is 10.8. The largest absolute Gasteiger partial charge is 0.324 e. The van der Waals surface area contributed by atoms with Gasteiger partial charge in [0.05, 0.1) is 0 Å². The van der Waals surface area contributed by atoms with Gasteiger partial charge in [-0.05, 0) is 54.7 Å². The highest BCUT2D eigenvalue weighted by Crippen LogP contribution is 2.43. The normalized spacial score (nSPS) is 29.8. The lowest BCUT2D eigenvalue weighted by molar-refractivity contribution is 0.439. The number of aryl methyl sites for hydroxylation is 1. The Morgan fingerprint density at radius 1 is 1.14 bits per heavy atom. The van der Waals surface area contributed by atoms with E-state index < -0.39 is 0 Å². The first kappa shape index (κ1) is 8.49. The van der Waals surface area contributed by atoms with Gasteiger partial charge < -0.3 is 5.73 Å². The van der Waals surface area contributed by atoms with E-state index in [9.17, 15) is 0 Å². The first-order chi connectivity index (χ1) is 6.86. The Labute approximate surface area is 85.3 Å². The van der Waals surface area contributed by atoms with Crippen molar-refractivity contribution < 1.29 is 0 Å². The maximum Gasteiger partial charge on any atom is 0.0298 e. The second-order valence-corrected chi connectivity index (χ2v) is 4.69. The number of benzene rings is 1. The van der Waals surface area contributed by atoms with Gasteiger partial charge in [0.25, 0.3) is 0 Å². The summed E-state index contributed by atoms with van der Waals surface area (Å²) >= 11 is 0. The molecule has 1 aromatic carbocycles. The second-order valence-electron chi connectivity index (χ2n) is 4.69. The summed E-state index contributed by atoms with van der Waals surface area (Å²) in [7, 11) is 0. The Hall–Kier alpha value is -0.820. The SMILES string of the molecule is NC1CCC2CCCc3cccc1c32. The van der Waals surface area contributed by atoms with Crippen LogP contribution in [0.4, 0.5) is 0 Å². The molecule has 0 heterocycles. The summed E-state index contributed by atoms with van der Waals surface area (Å²) in [6.07, 6.45) is 6.52. The molecule has 3 rings (SSSR count). The Morgan fingerprint density at radius 2 is 2.07 bits per heavy atom. The van der Waals surface area contributed by atoms with Gasteiger partial charge in [-0.25, -0.2) is 0 Å². The predicted molar refractivity (Wildman–Crippen MR) is 58.3 cm³/mol. The fourth-order valence-corrected chi connectivity index (χ4v) is 3.18. The predicted octanol–water partition coefficient (Wildman–Crippen LogP) is 2.90. The molecule has 74 valence electrons. The van der Waals surface area contributed by atoms with Crippen LogP contribution in [0.15, 0.2) is 18.2 Å². The molecule has 14 heavy (non-hydrogen) atoms. The van der Waals surface area contributed by atoms with Crippen molar-refractivity contribution in [2.24, 2.45) is 5.73 Å². The van der Waals surface area contributed by atoms with Crippen molar-refractivity contribution in [3.63, 3.8) is 0 Å². The van der Waals surface area contributed by atoms with E-state index in [-0.39, 0.29) is 0 Å². The minimum absolute atomic E-state index is 0.305. The second kappa shape index (κ2) is 3.09. The third-order valence-corrected chi connectivity index (χ3v) is 3.86. The average molecular weight is 187 g/mol. The van der Waals surface area contributed by atoms with Crippen LogP contribution >= 0.6 is 0 Å². The van der Waals surface area contributed by atoms with Crippen molar-refractivity contribution in [3.8, 4) is 0 Å². The Morgan fingerprint density at radius 3 is 3.00 bits per heavy atom. The van der Waals surface area contributed by atoms with E-state index in [0.29, 0.717) is 6.04 Å². The van der Waals surface area contributed by atoms with Gasteiger partial charge in [-0.3, -0.25) is 0 Å². The van der Waals surface area contributed by atoms with E-state index in [1.165, 1.54) is 37.7 Å². The molecule has 1 heteroatoms. The zero-order valence-corrected chi connectivity index (χ0v) is 8.50. The summed E-state index contributed by atoms with van der Waals surface area (Å²) in [5.74, 6) is 0.828. The lowest BCUT2D eigenvalue weighted by Crippen LogP contribution is -2.24. The van der Waals surface area contributed by atoms with Crippen molar-refractivity contribution in [2.45, 2.75) is 44.1 Å². The highest BCUT2D eigenvalue weighted by molar-refractivity contribution is 5.43. The average Bonchev–Trinajstić information content (AvgIpc) is 2.24. The maximum atomic E-state index is 6.16. The van der Waals surface area contributed by atoms with Gasteiger partial charge in [0.1, 0.15) is 0 Å². The smallest absolute Gasteiger partial charge is 0.0298 e. The van der Waals surface area contributed by atoms with Crippen molar-refractivity contribution in [1.29, 1.82) is 0 Å². The molecule has 2 aliphatic carbocycles. The fourth-order valence-electron chi connectivity index (χ4n) is 3.18. The van der Waals surface area contributed by atoms with Crippen LogP contribution in [0.1, 0.15) is 54.3 Å². The number of rotatable bonds is 0. The number of hydrogen-bond acceptors (Lipinski definition) is 1. The molecule has 2 aliphatic rings. The molecule has 0 radical (unpaired) electrons. The summed E-state index contributed by atoms with van der Waals surface area (Å²) in [4.78, 5) is 0. The topological polar surface area (TPSA) is 26.0 Å². The minimum atomic E-state index is 0.305. The molecule has 0 aliphatic heterocycles. The van der Waals surface area contributed by atoms with Crippen LogP contribution in [0.25, 0.3) is 0 Å². The third kappa shape index (κ3) is 1.12. The van der Waals surface area contributed by atoms with Crippen LogP contribution in [0.2, 0.25) is 0 Å². The van der Waals surface area contributed by atoms with Crippen LogP contribution < -0.4 is 5.73 Å². The number of hydrogen-bond donors (Lipinski definition) is 1. The van der Waals surface area contributed by atoms with Gasteiger partial charge >= 0.3 is 0 Å². The van der Waals surface area contributed by atoms with Crippen molar-refractivity contribution in [3.05, 3.63) is 34.9 Å². The maximum absolute atomic E-state index is 6.16. The zero-order chi connectivity index (χ0) is 9.54. The molecule has 0 spiro atoms. The summed E-state index contributed by atoms with van der Waals surface area (Å²) in [6.45, 7) is 0. The highest BCUT2D eigenvalue weighted by atomic mass is 14.6. The van der Waals surface area contributed by atoms with Crippen molar-refractivity contribution in [2.75, 3.05) is 0 Å². The van der Waals surface area contributed by atoms with Gasteiger partial charge in [-0.15, -0.1) is 0 Å². The highest BCUT2D eigenvalue weighted by Gasteiger charge is 2.29. The van der Waals surface area contributed by atoms with Gasteiger partial charge in [-0.2, -0.15) is 0 Å². The first-order valence-electron chi connectivity index (χ1n) is 5.73. The zero-order valence-electron chi connectivity index (χ0n) is 8.50. The summed E-state index contributed by atoms with van der Waals surface area (Å²) in [5, 5.41) is 0. The molecule has 1 aromatic rings. The molecular weight excluding hydrogens is 170 g/mol. The molecule has 0 aromatic heterocycles. The Bertz CT molecular complexity index is 356. The summed E-state index contributed by atoms with van der Waals surface area (Å²) in [6, 6.07) is 7.02. The molecule has 0 saturated heterocycles. The van der Waals surface area contributed by atoms with Crippen LogP contribution in [0.5, 0.6) is 0 Å². The molecule has 0 saturated carbocycles. The van der Waals surface area contributed by atoms with Gasteiger partial charge in [0.15, 0.2) is 0 Å². The van der Waals surface area contributed by atoms with E-state index in [0.717, 1.165) is 5.92 Å². The van der Waals surface area contributed by atoms with Crippen molar-refractivity contribution >= 4 is 0 Å².